The van der Waals surface area contributed by atoms with E-state index < -0.39 is 0 Å². The molecule has 1 heterocycles. The van der Waals surface area contributed by atoms with E-state index in [9.17, 15) is 0 Å². The predicted molar refractivity (Wildman–Crippen MR) is 96.0 cm³/mol. The second kappa shape index (κ2) is 10.6. The van der Waals surface area contributed by atoms with Crippen LogP contribution in [0.15, 0.2) is 10.4 Å². The van der Waals surface area contributed by atoms with E-state index in [1.165, 1.54) is 0 Å². The van der Waals surface area contributed by atoms with Gasteiger partial charge >= 0.3 is 0 Å². The van der Waals surface area contributed by atoms with E-state index in [-0.39, 0.29) is 6.10 Å². The Morgan fingerprint density at radius 3 is 2.78 bits per heavy atom. The minimum absolute atomic E-state index is 0.0367. The number of rotatable bonds is 9. The van der Waals surface area contributed by atoms with Crippen molar-refractivity contribution in [2.45, 2.75) is 33.4 Å². The van der Waals surface area contributed by atoms with E-state index >= 15 is 0 Å². The maximum Gasteiger partial charge on any atom is 0.193 e. The van der Waals surface area contributed by atoms with Crippen LogP contribution in [-0.2, 0) is 16.0 Å². The summed E-state index contributed by atoms with van der Waals surface area (Å²) in [6.07, 6.45) is 0.0367. The molecule has 0 aliphatic carbocycles. The molecule has 0 aliphatic heterocycles. The van der Waals surface area contributed by atoms with Crippen molar-refractivity contribution >= 4 is 17.3 Å². The highest BCUT2D eigenvalue weighted by molar-refractivity contribution is 7.09. The van der Waals surface area contributed by atoms with Gasteiger partial charge in [0.15, 0.2) is 5.96 Å². The van der Waals surface area contributed by atoms with Crippen molar-refractivity contribution in [3.63, 3.8) is 0 Å². The van der Waals surface area contributed by atoms with Crippen molar-refractivity contribution in [1.82, 2.24) is 15.2 Å². The number of guanidine groups is 1. The van der Waals surface area contributed by atoms with Crippen LogP contribution in [0, 0.1) is 5.92 Å². The van der Waals surface area contributed by atoms with E-state index in [2.05, 4.69) is 39.4 Å². The Balaban J connectivity index is 2.41. The van der Waals surface area contributed by atoms with Crippen LogP contribution in [0.5, 0.6) is 0 Å². The summed E-state index contributed by atoms with van der Waals surface area (Å²) in [4.78, 5) is 11.0. The topological polar surface area (TPSA) is 59.0 Å². The molecule has 0 amide bonds. The Bertz CT molecular complexity index is 476. The number of nitrogens with one attached hydrogen (secondary N) is 1. The van der Waals surface area contributed by atoms with E-state index in [0.717, 1.165) is 29.8 Å². The third-order valence-electron chi connectivity index (χ3n) is 3.22. The van der Waals surface area contributed by atoms with Crippen molar-refractivity contribution in [3.05, 3.63) is 16.1 Å². The highest BCUT2D eigenvalue weighted by atomic mass is 32.1. The zero-order valence-corrected chi connectivity index (χ0v) is 15.9. The zero-order valence-electron chi connectivity index (χ0n) is 15.1. The molecular weight excluding hydrogens is 312 g/mol. The Morgan fingerprint density at radius 1 is 1.43 bits per heavy atom. The van der Waals surface area contributed by atoms with Gasteiger partial charge in [-0.1, -0.05) is 13.8 Å². The first-order valence-electron chi connectivity index (χ1n) is 7.94. The van der Waals surface area contributed by atoms with Gasteiger partial charge in [-0.25, -0.2) is 4.98 Å². The molecule has 1 aromatic heterocycles. The molecular formula is C16H30N4O2S. The molecule has 7 heteroatoms. The molecule has 132 valence electrons. The summed E-state index contributed by atoms with van der Waals surface area (Å²) in [5.74, 6) is 1.40. The molecule has 0 saturated heterocycles. The van der Waals surface area contributed by atoms with Gasteiger partial charge in [-0.15, -0.1) is 11.3 Å². The van der Waals surface area contributed by atoms with Crippen LogP contribution >= 0.6 is 11.3 Å². The van der Waals surface area contributed by atoms with Crippen molar-refractivity contribution in [2.24, 2.45) is 10.9 Å². The fraction of sp³-hybridized carbons (Fsp3) is 0.750. The average molecular weight is 343 g/mol. The van der Waals surface area contributed by atoms with Crippen LogP contribution in [-0.4, -0.2) is 56.8 Å². The lowest BCUT2D eigenvalue weighted by molar-refractivity contribution is 0.114. The van der Waals surface area contributed by atoms with Crippen LogP contribution in [0.25, 0.3) is 0 Å². The number of hydrogen-bond acceptors (Lipinski definition) is 5. The lowest BCUT2D eigenvalue weighted by Gasteiger charge is -2.21. The number of thiazole rings is 1. The van der Waals surface area contributed by atoms with Gasteiger partial charge < -0.3 is 19.7 Å². The number of hydrogen-bond donors (Lipinski definition) is 1. The number of aliphatic imine (C=N–C) groups is 1. The molecule has 0 fully saturated rings. The van der Waals surface area contributed by atoms with Crippen molar-refractivity contribution < 1.29 is 9.47 Å². The van der Waals surface area contributed by atoms with Gasteiger partial charge in [-0.3, -0.25) is 4.99 Å². The second-order valence-electron chi connectivity index (χ2n) is 5.85. The average Bonchev–Trinajstić information content (AvgIpc) is 2.98. The van der Waals surface area contributed by atoms with Crippen molar-refractivity contribution in [2.75, 3.05) is 41.0 Å². The fourth-order valence-electron chi connectivity index (χ4n) is 1.94. The van der Waals surface area contributed by atoms with Gasteiger partial charge in [-0.2, -0.15) is 0 Å². The summed E-state index contributed by atoms with van der Waals surface area (Å²) in [6, 6.07) is 0. The van der Waals surface area contributed by atoms with Crippen LogP contribution in [0.3, 0.4) is 0 Å². The number of nitrogens with zero attached hydrogens (tertiary/aromatic N) is 3. The molecule has 1 unspecified atom stereocenters. The predicted octanol–water partition coefficient (Wildman–Crippen LogP) is 2.53. The van der Waals surface area contributed by atoms with Crippen LogP contribution < -0.4 is 5.32 Å². The standard InChI is InChI=1S/C16H30N4O2S/c1-12(2)10-22-8-7-18-16(17-4)20(5)9-14-11-23-15(19-14)13(3)21-6/h11-13H,7-10H2,1-6H3,(H,17,18). The monoisotopic (exact) mass is 342 g/mol. The molecule has 6 nitrogen and oxygen atoms in total. The molecule has 0 aliphatic rings. The molecule has 0 radical (unpaired) electrons. The van der Waals surface area contributed by atoms with Gasteiger partial charge in [-0.05, 0) is 12.8 Å². The number of aromatic nitrogens is 1. The SMILES string of the molecule is CN=C(NCCOCC(C)C)N(C)Cc1csc(C(C)OC)n1. The smallest absolute Gasteiger partial charge is 0.193 e. The zero-order chi connectivity index (χ0) is 17.2. The van der Waals surface area contributed by atoms with E-state index in [1.54, 1.807) is 25.5 Å². The second-order valence-corrected chi connectivity index (χ2v) is 6.74. The molecule has 0 spiro atoms. The summed E-state index contributed by atoms with van der Waals surface area (Å²) in [5.41, 5.74) is 1.02. The maximum atomic E-state index is 5.57. The van der Waals surface area contributed by atoms with Crippen LogP contribution in [0.2, 0.25) is 0 Å². The molecule has 0 bridgehead atoms. The summed E-state index contributed by atoms with van der Waals surface area (Å²) < 4.78 is 10.9. The van der Waals surface area contributed by atoms with E-state index in [1.807, 2.05) is 14.0 Å². The Morgan fingerprint density at radius 2 is 2.17 bits per heavy atom. The minimum Gasteiger partial charge on any atom is -0.379 e. The van der Waals surface area contributed by atoms with E-state index in [0.29, 0.717) is 19.1 Å². The molecule has 1 N–H and O–H groups in total. The highest BCUT2D eigenvalue weighted by Gasteiger charge is 2.12. The molecule has 0 aromatic carbocycles. The third kappa shape index (κ3) is 7.28. The van der Waals surface area contributed by atoms with Gasteiger partial charge in [0.25, 0.3) is 0 Å². The van der Waals surface area contributed by atoms with E-state index in [4.69, 9.17) is 9.47 Å². The van der Waals surface area contributed by atoms with Gasteiger partial charge in [0, 0.05) is 39.7 Å². The number of methoxy groups -OCH3 is 1. The highest BCUT2D eigenvalue weighted by Crippen LogP contribution is 2.20. The first-order valence-corrected chi connectivity index (χ1v) is 8.82. The van der Waals surface area contributed by atoms with Crippen molar-refractivity contribution in [3.8, 4) is 0 Å². The quantitative estimate of drug-likeness (QED) is 0.424. The Hall–Kier alpha value is -1.18. The Kier molecular flexibility index (Phi) is 9.13. The first-order chi connectivity index (χ1) is 11.0. The molecule has 1 aromatic rings. The van der Waals surface area contributed by atoms with Gasteiger partial charge in [0.2, 0.25) is 0 Å². The maximum absolute atomic E-state index is 5.57. The van der Waals surface area contributed by atoms with Crippen molar-refractivity contribution in [1.29, 1.82) is 0 Å². The largest absolute Gasteiger partial charge is 0.379 e. The summed E-state index contributed by atoms with van der Waals surface area (Å²) in [6.45, 7) is 9.21. The lowest BCUT2D eigenvalue weighted by Crippen LogP contribution is -2.40. The normalized spacial score (nSPS) is 13.4. The number of ether oxygens (including phenoxy) is 2. The molecule has 1 atom stereocenters. The molecule has 0 saturated carbocycles. The fourth-order valence-corrected chi connectivity index (χ4v) is 2.78. The lowest BCUT2D eigenvalue weighted by atomic mass is 10.2. The molecule has 1 rings (SSSR count). The van der Waals surface area contributed by atoms with Gasteiger partial charge in [0.05, 0.1) is 18.8 Å². The summed E-state index contributed by atoms with van der Waals surface area (Å²) >= 11 is 1.63. The third-order valence-corrected chi connectivity index (χ3v) is 4.28. The Labute approximate surface area is 143 Å². The van der Waals surface area contributed by atoms with Crippen LogP contribution in [0.1, 0.15) is 37.6 Å². The minimum atomic E-state index is 0.0367. The summed E-state index contributed by atoms with van der Waals surface area (Å²) in [5, 5.41) is 6.38. The molecule has 23 heavy (non-hydrogen) atoms. The van der Waals surface area contributed by atoms with Crippen LogP contribution in [0.4, 0.5) is 0 Å². The first kappa shape index (κ1) is 19.9. The summed E-state index contributed by atoms with van der Waals surface area (Å²) in [7, 11) is 5.49. The van der Waals surface area contributed by atoms with Gasteiger partial charge in [0.1, 0.15) is 11.1 Å².